The molecule has 0 spiro atoms. The van der Waals surface area contributed by atoms with Crippen molar-refractivity contribution in [2.45, 2.75) is 32.5 Å². The number of nitrogens with two attached hydrogens (primary N) is 1. The minimum Gasteiger partial charge on any atom is -0.312 e. The zero-order valence-corrected chi connectivity index (χ0v) is 6.02. The Morgan fingerprint density at radius 1 is 1.78 bits per heavy atom. The third-order valence-electron chi connectivity index (χ3n) is 1.75. The van der Waals surface area contributed by atoms with Gasteiger partial charge in [-0.2, -0.15) is 0 Å². The van der Waals surface area contributed by atoms with Crippen LogP contribution in [0.25, 0.3) is 0 Å². The SMILES string of the molecule is CC1=CCC(C)N[C@@H]1N. The van der Waals surface area contributed by atoms with E-state index in [-0.39, 0.29) is 6.17 Å². The molecule has 2 atom stereocenters. The first kappa shape index (κ1) is 6.78. The van der Waals surface area contributed by atoms with Gasteiger partial charge in [-0.15, -0.1) is 0 Å². The van der Waals surface area contributed by atoms with E-state index in [1.54, 1.807) is 0 Å². The first-order valence-corrected chi connectivity index (χ1v) is 3.38. The highest BCUT2D eigenvalue weighted by atomic mass is 15.1. The molecule has 0 fully saturated rings. The average Bonchev–Trinajstić information content (AvgIpc) is 1.80. The van der Waals surface area contributed by atoms with E-state index in [0.717, 1.165) is 6.42 Å². The molecule has 1 aliphatic rings. The normalized spacial score (nSPS) is 36.1. The van der Waals surface area contributed by atoms with Crippen LogP contribution in [0.2, 0.25) is 0 Å². The second kappa shape index (κ2) is 2.50. The second-order valence-corrected chi connectivity index (χ2v) is 2.73. The molecule has 0 bridgehead atoms. The largest absolute Gasteiger partial charge is 0.312 e. The van der Waals surface area contributed by atoms with Gasteiger partial charge in [0.1, 0.15) is 0 Å². The third kappa shape index (κ3) is 1.53. The quantitative estimate of drug-likeness (QED) is 0.466. The van der Waals surface area contributed by atoms with Gasteiger partial charge < -0.3 is 5.73 Å². The summed E-state index contributed by atoms with van der Waals surface area (Å²) in [7, 11) is 0. The minimum absolute atomic E-state index is 0.0914. The first-order chi connectivity index (χ1) is 4.20. The lowest BCUT2D eigenvalue weighted by Crippen LogP contribution is -2.45. The van der Waals surface area contributed by atoms with Gasteiger partial charge >= 0.3 is 0 Å². The van der Waals surface area contributed by atoms with Crippen LogP contribution in [0, 0.1) is 0 Å². The van der Waals surface area contributed by atoms with Gasteiger partial charge in [0.15, 0.2) is 0 Å². The molecule has 52 valence electrons. The van der Waals surface area contributed by atoms with E-state index in [1.807, 2.05) is 0 Å². The Labute approximate surface area is 56.1 Å². The van der Waals surface area contributed by atoms with Crippen molar-refractivity contribution >= 4 is 0 Å². The molecule has 0 radical (unpaired) electrons. The lowest BCUT2D eigenvalue weighted by Gasteiger charge is -2.24. The highest BCUT2D eigenvalue weighted by Gasteiger charge is 2.12. The summed E-state index contributed by atoms with van der Waals surface area (Å²) in [6.45, 7) is 4.20. The Balaban J connectivity index is 2.56. The van der Waals surface area contributed by atoms with E-state index in [4.69, 9.17) is 5.73 Å². The highest BCUT2D eigenvalue weighted by molar-refractivity contribution is 5.10. The Morgan fingerprint density at radius 3 is 2.89 bits per heavy atom. The summed E-state index contributed by atoms with van der Waals surface area (Å²) in [5.74, 6) is 0. The number of rotatable bonds is 0. The molecule has 3 N–H and O–H groups in total. The molecule has 9 heavy (non-hydrogen) atoms. The van der Waals surface area contributed by atoms with Crippen LogP contribution in [0.1, 0.15) is 20.3 Å². The number of hydrogen-bond donors (Lipinski definition) is 2. The topological polar surface area (TPSA) is 38.0 Å². The summed E-state index contributed by atoms with van der Waals surface area (Å²) in [4.78, 5) is 0. The van der Waals surface area contributed by atoms with Crippen molar-refractivity contribution < 1.29 is 0 Å². The predicted octanol–water partition coefficient (Wildman–Crippen LogP) is 0.599. The predicted molar refractivity (Wildman–Crippen MR) is 38.9 cm³/mol. The molecule has 0 amide bonds. The van der Waals surface area contributed by atoms with Crippen molar-refractivity contribution in [1.82, 2.24) is 5.32 Å². The van der Waals surface area contributed by atoms with Gasteiger partial charge in [0.25, 0.3) is 0 Å². The van der Waals surface area contributed by atoms with Crippen LogP contribution in [0.3, 0.4) is 0 Å². The molecule has 0 aromatic heterocycles. The zero-order chi connectivity index (χ0) is 6.85. The van der Waals surface area contributed by atoms with Crippen molar-refractivity contribution in [1.29, 1.82) is 0 Å². The highest BCUT2D eigenvalue weighted by Crippen LogP contribution is 2.07. The van der Waals surface area contributed by atoms with Crippen molar-refractivity contribution in [3.63, 3.8) is 0 Å². The maximum absolute atomic E-state index is 5.69. The van der Waals surface area contributed by atoms with Gasteiger partial charge in [0.05, 0.1) is 6.17 Å². The van der Waals surface area contributed by atoms with Gasteiger partial charge in [0, 0.05) is 6.04 Å². The first-order valence-electron chi connectivity index (χ1n) is 3.38. The van der Waals surface area contributed by atoms with Gasteiger partial charge in [-0.1, -0.05) is 6.08 Å². The monoisotopic (exact) mass is 126 g/mol. The van der Waals surface area contributed by atoms with Crippen LogP contribution in [0.4, 0.5) is 0 Å². The molecule has 0 aromatic carbocycles. The molecule has 0 saturated heterocycles. The lowest BCUT2D eigenvalue weighted by atomic mass is 10.1. The van der Waals surface area contributed by atoms with Crippen LogP contribution in [0.5, 0.6) is 0 Å². The van der Waals surface area contributed by atoms with Crippen molar-refractivity contribution in [2.75, 3.05) is 0 Å². The molecule has 1 aliphatic heterocycles. The van der Waals surface area contributed by atoms with Crippen molar-refractivity contribution in [3.05, 3.63) is 11.6 Å². The van der Waals surface area contributed by atoms with Crippen molar-refractivity contribution in [3.8, 4) is 0 Å². The molecule has 1 heterocycles. The summed E-state index contributed by atoms with van der Waals surface area (Å²) in [6.07, 6.45) is 3.40. The zero-order valence-electron chi connectivity index (χ0n) is 6.02. The molecule has 0 aromatic rings. The summed E-state index contributed by atoms with van der Waals surface area (Å²) in [5, 5.41) is 3.24. The third-order valence-corrected chi connectivity index (χ3v) is 1.75. The van der Waals surface area contributed by atoms with E-state index in [1.165, 1.54) is 5.57 Å². The molecule has 0 saturated carbocycles. The standard InChI is InChI=1S/C7H14N2/c1-5-3-4-6(2)9-7(5)8/h3,6-7,9H,4,8H2,1-2H3/t6?,7-/m0/s1. The Morgan fingerprint density at radius 2 is 2.44 bits per heavy atom. The maximum atomic E-state index is 5.69. The fraction of sp³-hybridized carbons (Fsp3) is 0.714. The number of hydrogen-bond acceptors (Lipinski definition) is 2. The molecular formula is C7H14N2. The van der Waals surface area contributed by atoms with Crippen LogP contribution in [-0.4, -0.2) is 12.2 Å². The van der Waals surface area contributed by atoms with E-state index >= 15 is 0 Å². The smallest absolute Gasteiger partial charge is 0.0768 e. The average molecular weight is 126 g/mol. The van der Waals surface area contributed by atoms with Gasteiger partial charge in [0.2, 0.25) is 0 Å². The van der Waals surface area contributed by atoms with Crippen LogP contribution in [0.15, 0.2) is 11.6 Å². The summed E-state index contributed by atoms with van der Waals surface area (Å²) >= 11 is 0. The molecule has 1 rings (SSSR count). The fourth-order valence-corrected chi connectivity index (χ4v) is 0.996. The Hall–Kier alpha value is -0.340. The van der Waals surface area contributed by atoms with Crippen molar-refractivity contribution in [2.24, 2.45) is 5.73 Å². The molecule has 0 aliphatic carbocycles. The summed E-state index contributed by atoms with van der Waals surface area (Å²) < 4.78 is 0. The molecule has 2 heteroatoms. The maximum Gasteiger partial charge on any atom is 0.0768 e. The van der Waals surface area contributed by atoms with Gasteiger partial charge in [-0.05, 0) is 25.8 Å². The minimum atomic E-state index is 0.0914. The molecule has 2 nitrogen and oxygen atoms in total. The van der Waals surface area contributed by atoms with Crippen LogP contribution < -0.4 is 11.1 Å². The van der Waals surface area contributed by atoms with E-state index in [0.29, 0.717) is 6.04 Å². The van der Waals surface area contributed by atoms with Crippen LogP contribution in [-0.2, 0) is 0 Å². The van der Waals surface area contributed by atoms with E-state index in [2.05, 4.69) is 25.2 Å². The van der Waals surface area contributed by atoms with Gasteiger partial charge in [-0.25, -0.2) is 0 Å². The fourth-order valence-electron chi connectivity index (χ4n) is 0.996. The summed E-state index contributed by atoms with van der Waals surface area (Å²) in [6, 6.07) is 0.545. The van der Waals surface area contributed by atoms with Crippen LogP contribution >= 0.6 is 0 Å². The Kier molecular flexibility index (Phi) is 1.88. The Bertz CT molecular complexity index is 129. The molecule has 1 unspecified atom stereocenters. The van der Waals surface area contributed by atoms with Gasteiger partial charge in [-0.3, -0.25) is 5.32 Å². The summed E-state index contributed by atoms with van der Waals surface area (Å²) in [5.41, 5.74) is 6.95. The molecular weight excluding hydrogens is 112 g/mol. The van der Waals surface area contributed by atoms with E-state index < -0.39 is 0 Å². The number of nitrogens with one attached hydrogen (secondary N) is 1. The lowest BCUT2D eigenvalue weighted by molar-refractivity contribution is 0.468. The second-order valence-electron chi connectivity index (χ2n) is 2.73. The van der Waals surface area contributed by atoms with E-state index in [9.17, 15) is 0 Å².